The highest BCUT2D eigenvalue weighted by Crippen LogP contribution is 2.29. The summed E-state index contributed by atoms with van der Waals surface area (Å²) in [5.41, 5.74) is -0.0948. The van der Waals surface area contributed by atoms with E-state index in [0.717, 1.165) is 6.42 Å². The van der Waals surface area contributed by atoms with Crippen molar-refractivity contribution in [2.75, 3.05) is 20.2 Å². The molecule has 102 valence electrons. The first-order chi connectivity index (χ1) is 9.04. The number of amides is 1. The van der Waals surface area contributed by atoms with Gasteiger partial charge in [-0.3, -0.25) is 14.9 Å². The molecule has 0 radical (unpaired) electrons. The SMILES string of the molecule is COC1CCN(C(=O)c2cccc([N+](=O)[O-])c2Cl)C1. The predicted octanol–water partition coefficient (Wildman–Crippen LogP) is 2.11. The maximum Gasteiger partial charge on any atom is 0.288 e. The molecule has 0 spiro atoms. The maximum absolute atomic E-state index is 12.3. The zero-order valence-corrected chi connectivity index (χ0v) is 11.1. The lowest BCUT2D eigenvalue weighted by atomic mass is 10.1. The molecule has 1 fully saturated rings. The molecule has 7 heteroatoms. The van der Waals surface area contributed by atoms with Crippen LogP contribution in [0.15, 0.2) is 18.2 Å². The summed E-state index contributed by atoms with van der Waals surface area (Å²) in [4.78, 5) is 24.1. The summed E-state index contributed by atoms with van der Waals surface area (Å²) in [5.74, 6) is -0.298. The molecule has 1 amide bonds. The molecule has 0 aromatic heterocycles. The van der Waals surface area contributed by atoms with E-state index in [0.29, 0.717) is 13.1 Å². The average Bonchev–Trinajstić information content (AvgIpc) is 2.86. The smallest absolute Gasteiger partial charge is 0.288 e. The number of likely N-dealkylation sites (tertiary alicyclic amines) is 1. The van der Waals surface area contributed by atoms with E-state index in [2.05, 4.69) is 0 Å². The van der Waals surface area contributed by atoms with Gasteiger partial charge in [0.15, 0.2) is 0 Å². The molecule has 1 aliphatic rings. The van der Waals surface area contributed by atoms with Gasteiger partial charge in [-0.25, -0.2) is 0 Å². The molecule has 0 saturated carbocycles. The van der Waals surface area contributed by atoms with Crippen LogP contribution in [0.25, 0.3) is 0 Å². The molecule has 0 bridgehead atoms. The van der Waals surface area contributed by atoms with Gasteiger partial charge >= 0.3 is 0 Å². The molecule has 19 heavy (non-hydrogen) atoms. The van der Waals surface area contributed by atoms with Crippen LogP contribution in [0.4, 0.5) is 5.69 Å². The Kier molecular flexibility index (Phi) is 4.01. The number of ether oxygens (including phenoxy) is 1. The minimum absolute atomic E-state index is 0.0152. The molecule has 1 unspecified atom stereocenters. The lowest BCUT2D eigenvalue weighted by Crippen LogP contribution is -2.30. The first-order valence-electron chi connectivity index (χ1n) is 5.79. The standard InChI is InChI=1S/C12H13ClN2O4/c1-19-8-5-6-14(7-8)12(16)9-3-2-4-10(11(9)13)15(17)18/h2-4,8H,5-7H2,1H3. The number of nitrogens with zero attached hydrogens (tertiary/aromatic N) is 2. The van der Waals surface area contributed by atoms with Gasteiger partial charge in [-0.05, 0) is 12.5 Å². The van der Waals surface area contributed by atoms with Crippen LogP contribution in [0, 0.1) is 10.1 Å². The van der Waals surface area contributed by atoms with E-state index in [1.165, 1.54) is 18.2 Å². The molecular formula is C12H13ClN2O4. The normalized spacial score (nSPS) is 18.6. The Labute approximate surface area is 115 Å². The fraction of sp³-hybridized carbons (Fsp3) is 0.417. The number of nitro groups is 1. The van der Waals surface area contributed by atoms with Gasteiger partial charge in [0.1, 0.15) is 5.02 Å². The molecular weight excluding hydrogens is 272 g/mol. The van der Waals surface area contributed by atoms with E-state index >= 15 is 0 Å². The molecule has 1 saturated heterocycles. The number of benzene rings is 1. The summed E-state index contributed by atoms with van der Waals surface area (Å²) >= 11 is 5.93. The van der Waals surface area contributed by atoms with Gasteiger partial charge in [0.05, 0.1) is 16.6 Å². The zero-order chi connectivity index (χ0) is 14.0. The molecule has 0 N–H and O–H groups in total. The molecule has 1 aliphatic heterocycles. The minimum atomic E-state index is -0.596. The van der Waals surface area contributed by atoms with Gasteiger partial charge in [-0.15, -0.1) is 0 Å². The van der Waals surface area contributed by atoms with Crippen molar-refractivity contribution in [2.24, 2.45) is 0 Å². The van der Waals surface area contributed by atoms with Crippen molar-refractivity contribution in [3.63, 3.8) is 0 Å². The van der Waals surface area contributed by atoms with Gasteiger partial charge in [0.25, 0.3) is 11.6 Å². The number of nitro benzene ring substituents is 1. The van der Waals surface area contributed by atoms with Gasteiger partial charge < -0.3 is 9.64 Å². The highest BCUT2D eigenvalue weighted by molar-refractivity contribution is 6.35. The zero-order valence-electron chi connectivity index (χ0n) is 10.3. The van der Waals surface area contributed by atoms with Crippen LogP contribution in [0.1, 0.15) is 16.8 Å². The van der Waals surface area contributed by atoms with E-state index in [4.69, 9.17) is 16.3 Å². The van der Waals surface area contributed by atoms with Crippen LogP contribution in [0.2, 0.25) is 5.02 Å². The summed E-state index contributed by atoms with van der Waals surface area (Å²) < 4.78 is 5.18. The van der Waals surface area contributed by atoms with Crippen molar-refractivity contribution in [1.29, 1.82) is 0 Å². The Morgan fingerprint density at radius 1 is 1.58 bits per heavy atom. The topological polar surface area (TPSA) is 72.7 Å². The average molecular weight is 285 g/mol. The van der Waals surface area contributed by atoms with E-state index in [9.17, 15) is 14.9 Å². The molecule has 1 aromatic rings. The van der Waals surface area contributed by atoms with Crippen LogP contribution >= 0.6 is 11.6 Å². The fourth-order valence-electron chi connectivity index (χ4n) is 2.10. The van der Waals surface area contributed by atoms with Gasteiger partial charge in [0, 0.05) is 26.3 Å². The number of hydrogen-bond acceptors (Lipinski definition) is 4. The maximum atomic E-state index is 12.3. The lowest BCUT2D eigenvalue weighted by Gasteiger charge is -2.16. The largest absolute Gasteiger partial charge is 0.380 e. The quantitative estimate of drug-likeness (QED) is 0.629. The Balaban J connectivity index is 2.25. The second-order valence-corrected chi connectivity index (χ2v) is 4.67. The van der Waals surface area contributed by atoms with Crippen molar-refractivity contribution in [3.05, 3.63) is 38.9 Å². The van der Waals surface area contributed by atoms with Crippen LogP contribution in [-0.4, -0.2) is 42.0 Å². The van der Waals surface area contributed by atoms with Gasteiger partial charge in [-0.1, -0.05) is 17.7 Å². The van der Waals surface area contributed by atoms with Crippen LogP contribution < -0.4 is 0 Å². The minimum Gasteiger partial charge on any atom is -0.380 e. The highest BCUT2D eigenvalue weighted by Gasteiger charge is 2.29. The van der Waals surface area contributed by atoms with Crippen molar-refractivity contribution >= 4 is 23.2 Å². The number of carbonyl (C=O) groups excluding carboxylic acids is 1. The first kappa shape index (κ1) is 13.8. The number of carbonyl (C=O) groups is 1. The van der Waals surface area contributed by atoms with Gasteiger partial charge in [-0.2, -0.15) is 0 Å². The Bertz CT molecular complexity index is 520. The Morgan fingerprint density at radius 2 is 2.32 bits per heavy atom. The summed E-state index contributed by atoms with van der Waals surface area (Å²) in [6.07, 6.45) is 0.774. The van der Waals surface area contributed by atoms with Crippen LogP contribution in [0.5, 0.6) is 0 Å². The second-order valence-electron chi connectivity index (χ2n) is 4.29. The van der Waals surface area contributed by atoms with E-state index in [1.807, 2.05) is 0 Å². The molecule has 1 heterocycles. The summed E-state index contributed by atoms with van der Waals surface area (Å²) in [5, 5.41) is 10.7. The number of rotatable bonds is 3. The number of halogens is 1. The molecule has 1 atom stereocenters. The summed E-state index contributed by atoms with van der Waals surface area (Å²) in [6.45, 7) is 1.05. The van der Waals surface area contributed by atoms with E-state index < -0.39 is 4.92 Å². The first-order valence-corrected chi connectivity index (χ1v) is 6.17. The molecule has 6 nitrogen and oxygen atoms in total. The molecule has 0 aliphatic carbocycles. The van der Waals surface area contributed by atoms with E-state index in [1.54, 1.807) is 12.0 Å². The number of hydrogen-bond donors (Lipinski definition) is 0. The van der Waals surface area contributed by atoms with Gasteiger partial charge in [0.2, 0.25) is 0 Å². The summed E-state index contributed by atoms with van der Waals surface area (Å²) in [6, 6.07) is 4.24. The summed E-state index contributed by atoms with van der Waals surface area (Å²) in [7, 11) is 1.60. The van der Waals surface area contributed by atoms with Crippen LogP contribution in [-0.2, 0) is 4.74 Å². The second kappa shape index (κ2) is 5.54. The van der Waals surface area contributed by atoms with Crippen molar-refractivity contribution in [2.45, 2.75) is 12.5 Å². The van der Waals surface area contributed by atoms with Crippen molar-refractivity contribution < 1.29 is 14.5 Å². The number of methoxy groups -OCH3 is 1. The van der Waals surface area contributed by atoms with Crippen molar-refractivity contribution in [3.8, 4) is 0 Å². The highest BCUT2D eigenvalue weighted by atomic mass is 35.5. The third kappa shape index (κ3) is 2.69. The molecule has 1 aromatic carbocycles. The fourth-order valence-corrected chi connectivity index (χ4v) is 2.38. The van der Waals surface area contributed by atoms with Crippen LogP contribution in [0.3, 0.4) is 0 Å². The van der Waals surface area contributed by atoms with E-state index in [-0.39, 0.29) is 28.3 Å². The predicted molar refractivity (Wildman–Crippen MR) is 69.4 cm³/mol. The lowest BCUT2D eigenvalue weighted by molar-refractivity contribution is -0.384. The molecule has 2 rings (SSSR count). The van der Waals surface area contributed by atoms with Crippen molar-refractivity contribution in [1.82, 2.24) is 4.90 Å². The third-order valence-corrected chi connectivity index (χ3v) is 3.57. The third-order valence-electron chi connectivity index (χ3n) is 3.17. The Hall–Kier alpha value is -1.66. The monoisotopic (exact) mass is 284 g/mol. The Morgan fingerprint density at radius 3 is 2.89 bits per heavy atom.